The fraction of sp³-hybridized carbons (Fsp3) is 0.800. The Kier molecular flexibility index (Phi) is 3.33. The first kappa shape index (κ1) is 10.6. The van der Waals surface area contributed by atoms with Gasteiger partial charge in [0.25, 0.3) is 5.89 Å². The molecule has 0 amide bonds. The third kappa shape index (κ3) is 2.35. The van der Waals surface area contributed by atoms with Crippen LogP contribution in [0.25, 0.3) is 0 Å². The van der Waals surface area contributed by atoms with Crippen LogP contribution in [0.5, 0.6) is 0 Å². The number of aromatic nitrogens is 2. The van der Waals surface area contributed by atoms with E-state index in [2.05, 4.69) is 15.5 Å². The van der Waals surface area contributed by atoms with Gasteiger partial charge in [-0.05, 0) is 26.3 Å². The molecule has 1 fully saturated rings. The first-order valence-corrected chi connectivity index (χ1v) is 5.38. The van der Waals surface area contributed by atoms with E-state index in [0.717, 1.165) is 25.3 Å². The number of piperidine rings is 1. The molecular formula is C10H17N3O2. The Morgan fingerprint density at radius 1 is 1.60 bits per heavy atom. The van der Waals surface area contributed by atoms with E-state index in [-0.39, 0.29) is 6.10 Å². The summed E-state index contributed by atoms with van der Waals surface area (Å²) >= 11 is 0. The predicted octanol–water partition coefficient (Wildman–Crippen LogP) is 1.24. The molecule has 1 aromatic heterocycles. The highest BCUT2D eigenvalue weighted by atomic mass is 16.5. The third-order valence-corrected chi connectivity index (χ3v) is 2.82. The molecule has 2 atom stereocenters. The lowest BCUT2D eigenvalue weighted by molar-refractivity contribution is 0.0886. The van der Waals surface area contributed by atoms with E-state index >= 15 is 0 Å². The first-order valence-electron chi connectivity index (χ1n) is 5.38. The molecular weight excluding hydrogens is 194 g/mol. The topological polar surface area (TPSA) is 60.2 Å². The standard InChI is InChI=1S/C10H17N3O2/c1-7(14-2)10-12-9(13-15-10)8-4-3-5-11-6-8/h7-8,11H,3-6H2,1-2H3. The Hall–Kier alpha value is -0.940. The highest BCUT2D eigenvalue weighted by molar-refractivity contribution is 4.99. The van der Waals surface area contributed by atoms with Gasteiger partial charge in [-0.3, -0.25) is 0 Å². The molecule has 1 saturated heterocycles. The highest BCUT2D eigenvalue weighted by Gasteiger charge is 2.22. The molecule has 0 aromatic carbocycles. The van der Waals surface area contributed by atoms with E-state index in [1.807, 2.05) is 6.92 Å². The van der Waals surface area contributed by atoms with Gasteiger partial charge in [0, 0.05) is 19.6 Å². The molecule has 0 aliphatic carbocycles. The predicted molar refractivity (Wildman–Crippen MR) is 54.6 cm³/mol. The minimum atomic E-state index is -0.122. The average molecular weight is 211 g/mol. The SMILES string of the molecule is COC(C)c1nc(C2CCCNC2)no1. The Morgan fingerprint density at radius 2 is 2.47 bits per heavy atom. The second-order valence-electron chi connectivity index (χ2n) is 3.91. The van der Waals surface area contributed by atoms with Gasteiger partial charge in [-0.1, -0.05) is 5.16 Å². The lowest BCUT2D eigenvalue weighted by Gasteiger charge is -2.19. The van der Waals surface area contributed by atoms with Crippen molar-refractivity contribution in [1.29, 1.82) is 0 Å². The molecule has 0 bridgehead atoms. The van der Waals surface area contributed by atoms with E-state index in [4.69, 9.17) is 9.26 Å². The van der Waals surface area contributed by atoms with Crippen molar-refractivity contribution in [2.45, 2.75) is 31.8 Å². The normalized spacial score (nSPS) is 24.0. The van der Waals surface area contributed by atoms with Crippen LogP contribution < -0.4 is 5.32 Å². The van der Waals surface area contributed by atoms with Gasteiger partial charge in [-0.25, -0.2) is 0 Å². The molecule has 1 N–H and O–H groups in total. The Morgan fingerprint density at radius 3 is 3.13 bits per heavy atom. The molecule has 15 heavy (non-hydrogen) atoms. The highest BCUT2D eigenvalue weighted by Crippen LogP contribution is 2.22. The van der Waals surface area contributed by atoms with Gasteiger partial charge < -0.3 is 14.6 Å². The fourth-order valence-corrected chi connectivity index (χ4v) is 1.75. The van der Waals surface area contributed by atoms with E-state index in [9.17, 15) is 0 Å². The van der Waals surface area contributed by atoms with Crippen molar-refractivity contribution in [3.05, 3.63) is 11.7 Å². The van der Waals surface area contributed by atoms with Gasteiger partial charge in [0.2, 0.25) is 0 Å². The molecule has 2 rings (SSSR count). The molecule has 0 saturated carbocycles. The average Bonchev–Trinajstić information content (AvgIpc) is 2.78. The number of hydrogen-bond donors (Lipinski definition) is 1. The summed E-state index contributed by atoms with van der Waals surface area (Å²) < 4.78 is 10.3. The van der Waals surface area contributed by atoms with Crippen LogP contribution >= 0.6 is 0 Å². The van der Waals surface area contributed by atoms with Crippen molar-refractivity contribution in [1.82, 2.24) is 15.5 Å². The van der Waals surface area contributed by atoms with Gasteiger partial charge in [0.05, 0.1) is 0 Å². The summed E-state index contributed by atoms with van der Waals surface area (Å²) in [6, 6.07) is 0. The first-order chi connectivity index (χ1) is 7.31. The second-order valence-corrected chi connectivity index (χ2v) is 3.91. The summed E-state index contributed by atoms with van der Waals surface area (Å²) in [5.41, 5.74) is 0. The number of hydrogen-bond acceptors (Lipinski definition) is 5. The maximum Gasteiger partial charge on any atom is 0.255 e. The molecule has 5 heteroatoms. The monoisotopic (exact) mass is 211 g/mol. The summed E-state index contributed by atoms with van der Waals surface area (Å²) in [4.78, 5) is 4.36. The van der Waals surface area contributed by atoms with E-state index in [1.54, 1.807) is 7.11 Å². The molecule has 0 spiro atoms. The molecule has 0 radical (unpaired) electrons. The number of rotatable bonds is 3. The van der Waals surface area contributed by atoms with E-state index in [1.165, 1.54) is 6.42 Å². The zero-order valence-electron chi connectivity index (χ0n) is 9.19. The Balaban J connectivity index is 2.05. The van der Waals surface area contributed by atoms with Gasteiger partial charge in [0.15, 0.2) is 5.82 Å². The van der Waals surface area contributed by atoms with Crippen molar-refractivity contribution < 1.29 is 9.26 Å². The van der Waals surface area contributed by atoms with Crippen LogP contribution in [0.15, 0.2) is 4.52 Å². The van der Waals surface area contributed by atoms with Crippen LogP contribution in [0.2, 0.25) is 0 Å². The zero-order chi connectivity index (χ0) is 10.7. The van der Waals surface area contributed by atoms with E-state index in [0.29, 0.717) is 11.8 Å². The van der Waals surface area contributed by atoms with Crippen molar-refractivity contribution in [2.75, 3.05) is 20.2 Å². The van der Waals surface area contributed by atoms with Crippen LogP contribution in [0, 0.1) is 0 Å². The van der Waals surface area contributed by atoms with Gasteiger partial charge in [0.1, 0.15) is 6.10 Å². The van der Waals surface area contributed by atoms with Gasteiger partial charge >= 0.3 is 0 Å². The Bertz CT molecular complexity index is 307. The minimum absolute atomic E-state index is 0.122. The third-order valence-electron chi connectivity index (χ3n) is 2.82. The second kappa shape index (κ2) is 4.72. The van der Waals surface area contributed by atoms with Gasteiger partial charge in [-0.2, -0.15) is 4.98 Å². The van der Waals surface area contributed by atoms with Crippen LogP contribution in [0.3, 0.4) is 0 Å². The lowest BCUT2D eigenvalue weighted by Crippen LogP contribution is -2.28. The van der Waals surface area contributed by atoms with Crippen LogP contribution in [0.4, 0.5) is 0 Å². The largest absolute Gasteiger partial charge is 0.372 e. The quantitative estimate of drug-likeness (QED) is 0.815. The van der Waals surface area contributed by atoms with Gasteiger partial charge in [-0.15, -0.1) is 0 Å². The fourth-order valence-electron chi connectivity index (χ4n) is 1.75. The summed E-state index contributed by atoms with van der Waals surface area (Å²) in [6.07, 6.45) is 2.18. The molecule has 84 valence electrons. The van der Waals surface area contributed by atoms with Crippen molar-refractivity contribution in [3.63, 3.8) is 0 Å². The zero-order valence-corrected chi connectivity index (χ0v) is 9.19. The molecule has 1 aliphatic heterocycles. The summed E-state index contributed by atoms with van der Waals surface area (Å²) in [6.45, 7) is 3.94. The van der Waals surface area contributed by atoms with E-state index < -0.39 is 0 Å². The molecule has 1 aromatic rings. The maximum atomic E-state index is 5.16. The summed E-state index contributed by atoms with van der Waals surface area (Å²) in [5, 5.41) is 7.34. The number of nitrogens with zero attached hydrogens (tertiary/aromatic N) is 2. The minimum Gasteiger partial charge on any atom is -0.372 e. The van der Waals surface area contributed by atoms with Crippen molar-refractivity contribution in [2.24, 2.45) is 0 Å². The molecule has 1 aliphatic rings. The van der Waals surface area contributed by atoms with Crippen LogP contribution in [0.1, 0.15) is 43.5 Å². The number of methoxy groups -OCH3 is 1. The van der Waals surface area contributed by atoms with Crippen LogP contribution in [-0.4, -0.2) is 30.3 Å². The number of ether oxygens (including phenoxy) is 1. The van der Waals surface area contributed by atoms with Crippen molar-refractivity contribution in [3.8, 4) is 0 Å². The summed E-state index contributed by atoms with van der Waals surface area (Å²) in [7, 11) is 1.64. The van der Waals surface area contributed by atoms with Crippen molar-refractivity contribution >= 4 is 0 Å². The molecule has 2 heterocycles. The number of nitrogens with one attached hydrogen (secondary N) is 1. The summed E-state index contributed by atoms with van der Waals surface area (Å²) in [5.74, 6) is 1.76. The smallest absolute Gasteiger partial charge is 0.255 e. The molecule has 2 unspecified atom stereocenters. The molecule has 5 nitrogen and oxygen atoms in total. The lowest BCUT2D eigenvalue weighted by atomic mass is 9.99. The Labute approximate surface area is 89.2 Å². The van der Waals surface area contributed by atoms with Crippen LogP contribution in [-0.2, 0) is 4.74 Å². The maximum absolute atomic E-state index is 5.16.